The Hall–Kier alpha value is -0.840. The third-order valence-electron chi connectivity index (χ3n) is 1.49. The molecule has 68 valence electrons. The first-order valence-electron chi connectivity index (χ1n) is 3.71. The van der Waals surface area contributed by atoms with Crippen molar-refractivity contribution in [3.05, 3.63) is 18.7 Å². The van der Waals surface area contributed by atoms with Crippen LogP contribution < -0.4 is 0 Å². The Morgan fingerprint density at radius 1 is 1.50 bits per heavy atom. The molecule has 4 nitrogen and oxygen atoms in total. The molecule has 0 fully saturated rings. The maximum Gasteiger partial charge on any atom is 0.147 e. The molecule has 12 heavy (non-hydrogen) atoms. The van der Waals surface area contributed by atoms with Crippen LogP contribution in [0.5, 0.6) is 0 Å². The van der Waals surface area contributed by atoms with Crippen LogP contribution in [0.1, 0.15) is 6.42 Å². The fourth-order valence-corrected chi connectivity index (χ4v) is 1.58. The molecule has 0 aliphatic rings. The normalized spacial score (nSPS) is 11.8. The van der Waals surface area contributed by atoms with Crippen LogP contribution >= 0.6 is 0 Å². The van der Waals surface area contributed by atoms with Gasteiger partial charge >= 0.3 is 0 Å². The van der Waals surface area contributed by atoms with Crippen molar-refractivity contribution < 1.29 is 8.42 Å². The van der Waals surface area contributed by atoms with E-state index in [2.05, 4.69) is 4.98 Å². The van der Waals surface area contributed by atoms with Crippen molar-refractivity contribution in [1.29, 1.82) is 0 Å². The lowest BCUT2D eigenvalue weighted by atomic mass is 10.5. The van der Waals surface area contributed by atoms with Crippen LogP contribution in [0.2, 0.25) is 0 Å². The van der Waals surface area contributed by atoms with Gasteiger partial charge in [-0.3, -0.25) is 0 Å². The zero-order valence-corrected chi connectivity index (χ0v) is 7.79. The summed E-state index contributed by atoms with van der Waals surface area (Å²) in [5.41, 5.74) is 0. The first-order valence-corrected chi connectivity index (χ1v) is 5.77. The van der Waals surface area contributed by atoms with Crippen molar-refractivity contribution in [3.8, 4) is 0 Å². The lowest BCUT2D eigenvalue weighted by Crippen LogP contribution is -2.06. The largest absolute Gasteiger partial charge is 0.337 e. The van der Waals surface area contributed by atoms with E-state index in [-0.39, 0.29) is 5.75 Å². The molecule has 0 saturated heterocycles. The second-order valence-electron chi connectivity index (χ2n) is 2.78. The standard InChI is InChI=1S/C7H12N2O2S/c1-12(10,11)6-2-4-9-5-3-8-7-9/h3,5,7H,2,4,6H2,1H3. The molecule has 0 amide bonds. The predicted molar refractivity (Wildman–Crippen MR) is 46.6 cm³/mol. The number of nitrogens with zero attached hydrogens (tertiary/aromatic N) is 2. The van der Waals surface area contributed by atoms with Gasteiger partial charge in [-0.2, -0.15) is 0 Å². The van der Waals surface area contributed by atoms with Gasteiger partial charge in [-0.1, -0.05) is 0 Å². The minimum absolute atomic E-state index is 0.241. The van der Waals surface area contributed by atoms with Gasteiger partial charge in [-0.15, -0.1) is 0 Å². The van der Waals surface area contributed by atoms with E-state index in [1.165, 1.54) is 6.26 Å². The van der Waals surface area contributed by atoms with Gasteiger partial charge in [0, 0.05) is 25.2 Å². The molecule has 5 heteroatoms. The van der Waals surface area contributed by atoms with Crippen LogP contribution in [0.3, 0.4) is 0 Å². The van der Waals surface area contributed by atoms with E-state index in [1.54, 1.807) is 12.5 Å². The summed E-state index contributed by atoms with van der Waals surface area (Å²) in [5.74, 6) is 0.241. The molecular weight excluding hydrogens is 176 g/mol. The lowest BCUT2D eigenvalue weighted by Gasteiger charge is -1.99. The molecule has 0 aliphatic carbocycles. The quantitative estimate of drug-likeness (QED) is 0.683. The zero-order chi connectivity index (χ0) is 9.03. The molecule has 1 aromatic heterocycles. The van der Waals surface area contributed by atoms with Gasteiger partial charge in [-0.25, -0.2) is 13.4 Å². The van der Waals surface area contributed by atoms with Crippen LogP contribution in [0, 0.1) is 0 Å². The van der Waals surface area contributed by atoms with Crippen LogP contribution in [0.15, 0.2) is 18.7 Å². The van der Waals surface area contributed by atoms with E-state index < -0.39 is 9.84 Å². The Morgan fingerprint density at radius 2 is 2.25 bits per heavy atom. The van der Waals surface area contributed by atoms with E-state index >= 15 is 0 Å². The lowest BCUT2D eigenvalue weighted by molar-refractivity contribution is 0.592. The fourth-order valence-electron chi connectivity index (χ4n) is 0.928. The van der Waals surface area contributed by atoms with Gasteiger partial charge in [0.15, 0.2) is 0 Å². The molecule has 1 rings (SSSR count). The van der Waals surface area contributed by atoms with Crippen molar-refractivity contribution in [2.75, 3.05) is 12.0 Å². The third-order valence-corrected chi connectivity index (χ3v) is 2.52. The smallest absolute Gasteiger partial charge is 0.147 e. The van der Waals surface area contributed by atoms with Crippen molar-refractivity contribution in [2.45, 2.75) is 13.0 Å². The zero-order valence-electron chi connectivity index (χ0n) is 6.97. The highest BCUT2D eigenvalue weighted by atomic mass is 32.2. The van der Waals surface area contributed by atoms with Crippen molar-refractivity contribution in [1.82, 2.24) is 9.55 Å². The van der Waals surface area contributed by atoms with Crippen molar-refractivity contribution in [2.24, 2.45) is 0 Å². The van der Waals surface area contributed by atoms with Crippen LogP contribution in [0.25, 0.3) is 0 Å². The molecule has 0 unspecified atom stereocenters. The van der Waals surface area contributed by atoms with E-state index in [9.17, 15) is 8.42 Å². The van der Waals surface area contributed by atoms with E-state index in [1.807, 2.05) is 10.8 Å². The minimum Gasteiger partial charge on any atom is -0.337 e. The van der Waals surface area contributed by atoms with Crippen LogP contribution in [0.4, 0.5) is 0 Å². The van der Waals surface area contributed by atoms with Crippen molar-refractivity contribution >= 4 is 9.84 Å². The van der Waals surface area contributed by atoms with E-state index in [0.717, 1.165) is 0 Å². The van der Waals surface area contributed by atoms with E-state index in [4.69, 9.17) is 0 Å². The van der Waals surface area contributed by atoms with Gasteiger partial charge < -0.3 is 4.57 Å². The van der Waals surface area contributed by atoms with Gasteiger partial charge in [0.05, 0.1) is 12.1 Å². The molecule has 1 aromatic rings. The maximum atomic E-state index is 10.7. The maximum absolute atomic E-state index is 10.7. The second kappa shape index (κ2) is 3.71. The highest BCUT2D eigenvalue weighted by Gasteiger charge is 2.00. The number of sulfone groups is 1. The van der Waals surface area contributed by atoms with Crippen LogP contribution in [-0.2, 0) is 16.4 Å². The third kappa shape index (κ3) is 3.52. The summed E-state index contributed by atoms with van der Waals surface area (Å²) in [6, 6.07) is 0. The Balaban J connectivity index is 2.29. The average Bonchev–Trinajstić information content (AvgIpc) is 2.36. The minimum atomic E-state index is -2.81. The Labute approximate surface area is 72.2 Å². The highest BCUT2D eigenvalue weighted by Crippen LogP contribution is 1.93. The van der Waals surface area contributed by atoms with Crippen LogP contribution in [-0.4, -0.2) is 30.0 Å². The fraction of sp³-hybridized carbons (Fsp3) is 0.571. The van der Waals surface area contributed by atoms with Gasteiger partial charge in [0.1, 0.15) is 9.84 Å². The first kappa shape index (κ1) is 9.25. The molecule has 0 N–H and O–H groups in total. The summed E-state index contributed by atoms with van der Waals surface area (Å²) in [4.78, 5) is 3.85. The number of hydrogen-bond acceptors (Lipinski definition) is 3. The molecule has 0 aromatic carbocycles. The molecule has 0 saturated carbocycles. The monoisotopic (exact) mass is 188 g/mol. The average molecular weight is 188 g/mol. The van der Waals surface area contributed by atoms with E-state index in [0.29, 0.717) is 13.0 Å². The Morgan fingerprint density at radius 3 is 2.75 bits per heavy atom. The summed E-state index contributed by atoms with van der Waals surface area (Å²) in [6.45, 7) is 0.715. The highest BCUT2D eigenvalue weighted by molar-refractivity contribution is 7.90. The van der Waals surface area contributed by atoms with Gasteiger partial charge in [0.25, 0.3) is 0 Å². The summed E-state index contributed by atoms with van der Waals surface area (Å²) in [5, 5.41) is 0. The Kier molecular flexibility index (Phi) is 2.86. The summed E-state index contributed by atoms with van der Waals surface area (Å²) >= 11 is 0. The summed E-state index contributed by atoms with van der Waals surface area (Å²) < 4.78 is 23.3. The number of rotatable bonds is 4. The molecule has 0 spiro atoms. The van der Waals surface area contributed by atoms with Gasteiger partial charge in [0.2, 0.25) is 0 Å². The molecule has 0 aliphatic heterocycles. The predicted octanol–water partition coefficient (Wildman–Crippen LogP) is 0.318. The Bertz CT molecular complexity index is 315. The summed E-state index contributed by atoms with van der Waals surface area (Å²) in [7, 11) is -2.81. The first-order chi connectivity index (χ1) is 5.58. The number of aryl methyl sites for hydroxylation is 1. The molecule has 0 radical (unpaired) electrons. The number of imidazole rings is 1. The number of aromatic nitrogens is 2. The molecule has 0 bridgehead atoms. The number of hydrogen-bond donors (Lipinski definition) is 0. The molecular formula is C7H12N2O2S. The second-order valence-corrected chi connectivity index (χ2v) is 5.04. The van der Waals surface area contributed by atoms with Crippen molar-refractivity contribution in [3.63, 3.8) is 0 Å². The van der Waals surface area contributed by atoms with Gasteiger partial charge in [-0.05, 0) is 6.42 Å². The molecule has 0 atom stereocenters. The SMILES string of the molecule is CS(=O)(=O)CCCn1ccnc1. The molecule has 1 heterocycles. The topological polar surface area (TPSA) is 52.0 Å². The summed E-state index contributed by atoms with van der Waals surface area (Å²) in [6.07, 6.45) is 7.08.